The van der Waals surface area contributed by atoms with Crippen molar-refractivity contribution in [3.8, 4) is 0 Å². The summed E-state index contributed by atoms with van der Waals surface area (Å²) in [5.41, 5.74) is 2.59. The van der Waals surface area contributed by atoms with E-state index in [0.29, 0.717) is 42.6 Å². The number of ether oxygens (including phenoxy) is 1. The van der Waals surface area contributed by atoms with Crippen LogP contribution < -0.4 is 9.80 Å². The molecule has 192 valence electrons. The highest BCUT2D eigenvalue weighted by Gasteiger charge is 2.40. The fourth-order valence-corrected chi connectivity index (χ4v) is 5.14. The van der Waals surface area contributed by atoms with E-state index in [-0.39, 0.29) is 16.3 Å². The van der Waals surface area contributed by atoms with Gasteiger partial charge in [0.2, 0.25) is 0 Å². The SMILES string of the molecule is Cc1cccc(C)c1N(C(=O)c1ccc(Cl)cc1Cl)C(=O)C(c1ccc([N+](=O)[O-])cc1)[NH+]1CCOCC1. The van der Waals surface area contributed by atoms with Crippen molar-refractivity contribution in [2.24, 2.45) is 0 Å². The highest BCUT2D eigenvalue weighted by molar-refractivity contribution is 6.38. The zero-order valence-corrected chi connectivity index (χ0v) is 21.9. The third-order valence-electron chi connectivity index (χ3n) is 6.48. The minimum Gasteiger partial charge on any atom is -0.370 e. The van der Waals surface area contributed by atoms with Gasteiger partial charge in [-0.2, -0.15) is 0 Å². The maximum atomic E-state index is 14.5. The van der Waals surface area contributed by atoms with Gasteiger partial charge in [0, 0.05) is 22.7 Å². The Morgan fingerprint density at radius 1 is 1.00 bits per heavy atom. The quantitative estimate of drug-likeness (QED) is 0.369. The van der Waals surface area contributed by atoms with E-state index < -0.39 is 22.8 Å². The number of hydrogen-bond donors (Lipinski definition) is 1. The van der Waals surface area contributed by atoms with Crippen molar-refractivity contribution >= 4 is 46.4 Å². The van der Waals surface area contributed by atoms with Crippen LogP contribution in [0.4, 0.5) is 11.4 Å². The number of quaternary nitrogens is 1. The molecule has 0 aliphatic carbocycles. The first-order chi connectivity index (χ1) is 17.7. The molecule has 0 saturated carbocycles. The largest absolute Gasteiger partial charge is 0.370 e. The summed E-state index contributed by atoms with van der Waals surface area (Å²) in [6.07, 6.45) is 0. The molecule has 10 heteroatoms. The van der Waals surface area contributed by atoms with Crippen LogP contribution in [0.1, 0.15) is 33.1 Å². The fraction of sp³-hybridized carbons (Fsp3) is 0.259. The molecule has 1 heterocycles. The summed E-state index contributed by atoms with van der Waals surface area (Å²) in [5, 5.41) is 11.7. The number of nitro groups is 1. The van der Waals surface area contributed by atoms with Crippen LogP contribution in [0.5, 0.6) is 0 Å². The van der Waals surface area contributed by atoms with Gasteiger partial charge in [0.15, 0.2) is 6.04 Å². The number of imide groups is 1. The fourth-order valence-electron chi connectivity index (χ4n) is 4.65. The number of para-hydroxylation sites is 1. The van der Waals surface area contributed by atoms with E-state index in [0.717, 1.165) is 16.0 Å². The average Bonchev–Trinajstić information content (AvgIpc) is 2.87. The highest BCUT2D eigenvalue weighted by Crippen LogP contribution is 2.31. The van der Waals surface area contributed by atoms with Crippen LogP contribution in [0.3, 0.4) is 0 Å². The van der Waals surface area contributed by atoms with Crippen molar-refractivity contribution in [3.63, 3.8) is 0 Å². The Balaban J connectivity index is 1.87. The Labute approximate surface area is 224 Å². The lowest BCUT2D eigenvalue weighted by Crippen LogP contribution is -3.15. The lowest BCUT2D eigenvalue weighted by molar-refractivity contribution is -0.929. The molecule has 3 aromatic rings. The Hall–Kier alpha value is -3.30. The number of hydrogen-bond acceptors (Lipinski definition) is 5. The number of carbonyl (C=O) groups is 2. The zero-order chi connectivity index (χ0) is 26.7. The van der Waals surface area contributed by atoms with Crippen LogP contribution in [-0.4, -0.2) is 43.0 Å². The van der Waals surface area contributed by atoms with Crippen LogP contribution in [0.2, 0.25) is 10.0 Å². The number of nitrogens with zero attached hydrogens (tertiary/aromatic N) is 2. The second-order valence-electron chi connectivity index (χ2n) is 8.90. The molecule has 1 atom stereocenters. The van der Waals surface area contributed by atoms with E-state index >= 15 is 0 Å². The molecule has 1 aliphatic heterocycles. The summed E-state index contributed by atoms with van der Waals surface area (Å²) >= 11 is 12.5. The molecule has 1 fully saturated rings. The lowest BCUT2D eigenvalue weighted by Gasteiger charge is -2.34. The summed E-state index contributed by atoms with van der Waals surface area (Å²) < 4.78 is 5.51. The number of nitro benzene ring substituents is 1. The predicted molar refractivity (Wildman–Crippen MR) is 142 cm³/mol. The van der Waals surface area contributed by atoms with E-state index in [2.05, 4.69) is 0 Å². The van der Waals surface area contributed by atoms with Crippen molar-refractivity contribution in [3.05, 3.63) is 103 Å². The van der Waals surface area contributed by atoms with Gasteiger partial charge in [0.05, 0.1) is 34.4 Å². The molecular formula is C27H26Cl2N3O5+. The van der Waals surface area contributed by atoms with Crippen LogP contribution in [0.15, 0.2) is 60.7 Å². The molecular weight excluding hydrogens is 517 g/mol. The van der Waals surface area contributed by atoms with E-state index in [9.17, 15) is 19.7 Å². The second-order valence-corrected chi connectivity index (χ2v) is 9.74. The third-order valence-corrected chi connectivity index (χ3v) is 7.02. The van der Waals surface area contributed by atoms with Crippen molar-refractivity contribution in [1.82, 2.24) is 0 Å². The third kappa shape index (κ3) is 5.67. The number of benzene rings is 3. The van der Waals surface area contributed by atoms with E-state index in [1.54, 1.807) is 18.2 Å². The first kappa shape index (κ1) is 26.8. The van der Waals surface area contributed by atoms with E-state index in [4.69, 9.17) is 27.9 Å². The van der Waals surface area contributed by atoms with Crippen molar-refractivity contribution in [1.29, 1.82) is 0 Å². The van der Waals surface area contributed by atoms with Gasteiger partial charge in [0.25, 0.3) is 17.5 Å². The van der Waals surface area contributed by atoms with Crippen molar-refractivity contribution in [2.75, 3.05) is 31.2 Å². The molecule has 4 rings (SSSR count). The summed E-state index contributed by atoms with van der Waals surface area (Å²) in [4.78, 5) is 41.4. The summed E-state index contributed by atoms with van der Waals surface area (Å²) in [6, 6.07) is 15.1. The molecule has 3 aromatic carbocycles. The monoisotopic (exact) mass is 542 g/mol. The maximum Gasteiger partial charge on any atom is 0.297 e. The van der Waals surface area contributed by atoms with Gasteiger partial charge in [-0.1, -0.05) is 41.4 Å². The van der Waals surface area contributed by atoms with Gasteiger partial charge in [0.1, 0.15) is 13.1 Å². The zero-order valence-electron chi connectivity index (χ0n) is 20.4. The molecule has 1 unspecified atom stereocenters. The van der Waals surface area contributed by atoms with Crippen LogP contribution >= 0.6 is 23.2 Å². The summed E-state index contributed by atoms with van der Waals surface area (Å²) in [5.74, 6) is -1.04. The Bertz CT molecular complexity index is 1320. The minimum atomic E-state index is -0.807. The molecule has 0 spiro atoms. The van der Waals surface area contributed by atoms with Gasteiger partial charge >= 0.3 is 0 Å². The van der Waals surface area contributed by atoms with Crippen LogP contribution in [0, 0.1) is 24.0 Å². The number of anilines is 1. The maximum absolute atomic E-state index is 14.5. The van der Waals surface area contributed by atoms with Crippen molar-refractivity contribution in [2.45, 2.75) is 19.9 Å². The molecule has 1 saturated heterocycles. The van der Waals surface area contributed by atoms with Crippen LogP contribution in [-0.2, 0) is 9.53 Å². The molecule has 1 aliphatic rings. The number of amides is 2. The normalized spacial score (nSPS) is 14.7. The lowest BCUT2D eigenvalue weighted by atomic mass is 9.99. The highest BCUT2D eigenvalue weighted by atomic mass is 35.5. The molecule has 37 heavy (non-hydrogen) atoms. The topological polar surface area (TPSA) is 94.2 Å². The molecule has 2 amide bonds. The summed E-state index contributed by atoms with van der Waals surface area (Å²) in [7, 11) is 0. The number of aryl methyl sites for hydroxylation is 2. The summed E-state index contributed by atoms with van der Waals surface area (Å²) in [6.45, 7) is 5.64. The smallest absolute Gasteiger partial charge is 0.297 e. The predicted octanol–water partition coefficient (Wildman–Crippen LogP) is 4.35. The first-order valence-electron chi connectivity index (χ1n) is 11.7. The molecule has 0 aromatic heterocycles. The Morgan fingerprint density at radius 3 is 2.19 bits per heavy atom. The molecule has 1 N–H and O–H groups in total. The minimum absolute atomic E-state index is 0.0810. The van der Waals surface area contributed by atoms with Gasteiger partial charge in [-0.3, -0.25) is 19.7 Å². The standard InChI is InChI=1S/C27H25Cl2N3O5/c1-17-4-3-5-18(2)24(17)31(26(33)22-11-8-20(28)16-23(22)29)27(34)25(30-12-14-37-15-13-30)19-6-9-21(10-7-19)32(35)36/h3-11,16,25H,12-15H2,1-2H3/p+1. The van der Waals surface area contributed by atoms with E-state index in [1.807, 2.05) is 32.0 Å². The molecule has 0 bridgehead atoms. The van der Waals surface area contributed by atoms with Crippen LogP contribution in [0.25, 0.3) is 0 Å². The first-order valence-corrected chi connectivity index (χ1v) is 12.5. The average molecular weight is 543 g/mol. The Morgan fingerprint density at radius 2 is 1.62 bits per heavy atom. The number of halogens is 2. The second kappa shape index (κ2) is 11.4. The van der Waals surface area contributed by atoms with Crippen molar-refractivity contribution < 1.29 is 24.1 Å². The van der Waals surface area contributed by atoms with Gasteiger partial charge in [-0.05, 0) is 55.3 Å². The van der Waals surface area contributed by atoms with Gasteiger partial charge < -0.3 is 9.64 Å². The van der Waals surface area contributed by atoms with E-state index in [1.165, 1.54) is 29.2 Å². The number of rotatable bonds is 6. The molecule has 8 nitrogen and oxygen atoms in total. The Kier molecular flexibility index (Phi) is 8.24. The van der Waals surface area contributed by atoms with Gasteiger partial charge in [-0.25, -0.2) is 4.90 Å². The molecule has 0 radical (unpaired) electrons. The van der Waals surface area contributed by atoms with Gasteiger partial charge in [-0.15, -0.1) is 0 Å². The number of nitrogens with one attached hydrogen (secondary N) is 1. The number of morpholine rings is 1. The number of carbonyl (C=O) groups excluding carboxylic acids is 2. The number of non-ortho nitro benzene ring substituents is 1.